The normalized spacial score (nSPS) is 10.6. The van der Waals surface area contributed by atoms with Crippen LogP contribution in [-0.2, 0) is 4.79 Å². The van der Waals surface area contributed by atoms with Gasteiger partial charge in [-0.1, -0.05) is 26.0 Å². The average molecular weight is 290 g/mol. The lowest BCUT2D eigenvalue weighted by Gasteiger charge is -2.22. The van der Waals surface area contributed by atoms with Gasteiger partial charge >= 0.3 is 12.0 Å². The van der Waals surface area contributed by atoms with Crippen molar-refractivity contribution in [3.05, 3.63) is 35.9 Å². The third kappa shape index (κ3) is 6.12. The highest BCUT2D eigenvalue weighted by Gasteiger charge is 2.11. The fourth-order valence-corrected chi connectivity index (χ4v) is 1.94. The van der Waals surface area contributed by atoms with Gasteiger partial charge in [-0.2, -0.15) is 0 Å². The molecule has 0 fully saturated rings. The molecule has 21 heavy (non-hydrogen) atoms. The van der Waals surface area contributed by atoms with Gasteiger partial charge in [-0.25, -0.2) is 9.59 Å². The van der Waals surface area contributed by atoms with E-state index in [1.807, 2.05) is 13.8 Å². The molecule has 5 nitrogen and oxygen atoms in total. The Morgan fingerprint density at radius 2 is 1.90 bits per heavy atom. The van der Waals surface area contributed by atoms with Crippen LogP contribution in [-0.4, -0.2) is 35.1 Å². The second-order valence-corrected chi connectivity index (χ2v) is 4.71. The van der Waals surface area contributed by atoms with E-state index in [2.05, 4.69) is 5.32 Å². The molecule has 114 valence electrons. The lowest BCUT2D eigenvalue weighted by molar-refractivity contribution is -0.131. The Labute approximate surface area is 125 Å². The summed E-state index contributed by atoms with van der Waals surface area (Å²) < 4.78 is 0. The number of anilines is 1. The number of carbonyl (C=O) groups excluding carboxylic acids is 1. The van der Waals surface area contributed by atoms with Gasteiger partial charge < -0.3 is 15.3 Å². The predicted octanol–water partition coefficient (Wildman–Crippen LogP) is 3.44. The highest BCUT2D eigenvalue weighted by Crippen LogP contribution is 2.13. The molecule has 0 unspecified atom stereocenters. The molecule has 0 saturated heterocycles. The molecule has 0 atom stereocenters. The molecule has 0 aliphatic heterocycles. The number of aliphatic carboxylic acids is 1. The number of carboxylic acid groups (broad SMARTS) is 1. The molecular formula is C16H22N2O3. The minimum atomic E-state index is -0.999. The first-order valence-corrected chi connectivity index (χ1v) is 7.13. The maximum atomic E-state index is 12.2. The zero-order valence-corrected chi connectivity index (χ0v) is 12.5. The van der Waals surface area contributed by atoms with Crippen LogP contribution in [0.2, 0.25) is 0 Å². The van der Waals surface area contributed by atoms with Crippen LogP contribution in [0, 0.1) is 0 Å². The Morgan fingerprint density at radius 1 is 1.24 bits per heavy atom. The van der Waals surface area contributed by atoms with Gasteiger partial charge in [-0.15, -0.1) is 0 Å². The fourth-order valence-electron chi connectivity index (χ4n) is 1.94. The number of hydrogen-bond acceptors (Lipinski definition) is 2. The van der Waals surface area contributed by atoms with E-state index in [4.69, 9.17) is 5.11 Å². The van der Waals surface area contributed by atoms with Crippen LogP contribution in [0.1, 0.15) is 32.3 Å². The lowest BCUT2D eigenvalue weighted by Crippen LogP contribution is -2.36. The number of carbonyl (C=O) groups is 2. The van der Waals surface area contributed by atoms with Gasteiger partial charge in [-0.05, 0) is 36.6 Å². The summed E-state index contributed by atoms with van der Waals surface area (Å²) >= 11 is 0. The van der Waals surface area contributed by atoms with Crippen LogP contribution in [0.4, 0.5) is 10.5 Å². The van der Waals surface area contributed by atoms with Crippen molar-refractivity contribution in [3.63, 3.8) is 0 Å². The summed E-state index contributed by atoms with van der Waals surface area (Å²) in [6, 6.07) is 6.96. The van der Waals surface area contributed by atoms with E-state index in [1.54, 1.807) is 29.2 Å². The molecule has 1 aromatic carbocycles. The third-order valence-corrected chi connectivity index (χ3v) is 2.83. The van der Waals surface area contributed by atoms with Crippen molar-refractivity contribution in [2.45, 2.75) is 26.7 Å². The number of nitrogens with one attached hydrogen (secondary N) is 1. The van der Waals surface area contributed by atoms with E-state index in [0.29, 0.717) is 5.69 Å². The van der Waals surface area contributed by atoms with Crippen molar-refractivity contribution in [2.75, 3.05) is 18.4 Å². The summed E-state index contributed by atoms with van der Waals surface area (Å²) in [7, 11) is 0. The van der Waals surface area contributed by atoms with Crippen molar-refractivity contribution >= 4 is 23.8 Å². The van der Waals surface area contributed by atoms with E-state index in [0.717, 1.165) is 37.6 Å². The van der Waals surface area contributed by atoms with Crippen molar-refractivity contribution in [1.29, 1.82) is 0 Å². The number of amides is 2. The smallest absolute Gasteiger partial charge is 0.328 e. The quantitative estimate of drug-likeness (QED) is 0.756. The van der Waals surface area contributed by atoms with Crippen LogP contribution < -0.4 is 5.32 Å². The Morgan fingerprint density at radius 3 is 2.48 bits per heavy atom. The highest BCUT2D eigenvalue weighted by molar-refractivity contribution is 5.90. The van der Waals surface area contributed by atoms with Gasteiger partial charge in [0.05, 0.1) is 0 Å². The topological polar surface area (TPSA) is 69.6 Å². The number of benzene rings is 1. The maximum absolute atomic E-state index is 12.2. The minimum Gasteiger partial charge on any atom is -0.478 e. The van der Waals surface area contributed by atoms with E-state index < -0.39 is 5.97 Å². The van der Waals surface area contributed by atoms with Crippen LogP contribution in [0.15, 0.2) is 30.3 Å². The van der Waals surface area contributed by atoms with Gasteiger partial charge in [0.2, 0.25) is 0 Å². The summed E-state index contributed by atoms with van der Waals surface area (Å²) in [4.78, 5) is 24.5. The first kappa shape index (κ1) is 16.8. The average Bonchev–Trinajstić information content (AvgIpc) is 2.45. The minimum absolute atomic E-state index is 0.127. The van der Waals surface area contributed by atoms with Crippen LogP contribution >= 0.6 is 0 Å². The summed E-state index contributed by atoms with van der Waals surface area (Å²) in [5.41, 5.74) is 1.39. The summed E-state index contributed by atoms with van der Waals surface area (Å²) in [6.45, 7) is 5.51. The molecule has 0 aliphatic rings. The Kier molecular flexibility index (Phi) is 7.01. The molecule has 2 N–H and O–H groups in total. The van der Waals surface area contributed by atoms with Gasteiger partial charge in [0.25, 0.3) is 0 Å². The summed E-state index contributed by atoms with van der Waals surface area (Å²) in [5.74, 6) is -0.999. The molecule has 0 saturated carbocycles. The molecule has 5 heteroatoms. The summed E-state index contributed by atoms with van der Waals surface area (Å²) in [5, 5.41) is 11.5. The molecule has 0 bridgehead atoms. The van der Waals surface area contributed by atoms with Crippen LogP contribution in [0.3, 0.4) is 0 Å². The van der Waals surface area contributed by atoms with E-state index >= 15 is 0 Å². The van der Waals surface area contributed by atoms with Crippen molar-refractivity contribution in [3.8, 4) is 0 Å². The van der Waals surface area contributed by atoms with Gasteiger partial charge in [0, 0.05) is 24.9 Å². The molecule has 0 aromatic heterocycles. The number of urea groups is 1. The number of carboxylic acids is 1. The largest absolute Gasteiger partial charge is 0.478 e. The molecule has 0 radical (unpaired) electrons. The Bertz CT molecular complexity index is 506. The molecular weight excluding hydrogens is 268 g/mol. The number of rotatable bonds is 7. The maximum Gasteiger partial charge on any atom is 0.328 e. The van der Waals surface area contributed by atoms with Gasteiger partial charge in [0.1, 0.15) is 0 Å². The predicted molar refractivity (Wildman–Crippen MR) is 84.3 cm³/mol. The second-order valence-electron chi connectivity index (χ2n) is 4.71. The number of nitrogens with zero attached hydrogens (tertiary/aromatic N) is 1. The Hall–Kier alpha value is -2.30. The molecule has 2 amide bonds. The molecule has 0 heterocycles. The third-order valence-electron chi connectivity index (χ3n) is 2.83. The molecule has 1 rings (SSSR count). The summed E-state index contributed by atoms with van der Waals surface area (Å²) in [6.07, 6.45) is 4.39. The SMILES string of the molecule is CCCN(CCC)C(=O)Nc1cccc(/C=C/C(=O)O)c1. The van der Waals surface area contributed by atoms with Crippen LogP contribution in [0.5, 0.6) is 0 Å². The van der Waals surface area contributed by atoms with Gasteiger partial charge in [0.15, 0.2) is 0 Å². The highest BCUT2D eigenvalue weighted by atomic mass is 16.4. The van der Waals surface area contributed by atoms with Crippen molar-refractivity contribution in [1.82, 2.24) is 4.90 Å². The first-order chi connectivity index (χ1) is 10.1. The molecule has 1 aromatic rings. The van der Waals surface area contributed by atoms with Crippen LogP contribution in [0.25, 0.3) is 6.08 Å². The van der Waals surface area contributed by atoms with E-state index in [9.17, 15) is 9.59 Å². The fraction of sp³-hybridized carbons (Fsp3) is 0.375. The van der Waals surface area contributed by atoms with Gasteiger partial charge in [-0.3, -0.25) is 0 Å². The Balaban J connectivity index is 2.75. The van der Waals surface area contributed by atoms with Crippen molar-refractivity contribution in [2.24, 2.45) is 0 Å². The first-order valence-electron chi connectivity index (χ1n) is 7.13. The number of hydrogen-bond donors (Lipinski definition) is 2. The van der Waals surface area contributed by atoms with E-state index in [-0.39, 0.29) is 6.03 Å². The molecule has 0 aliphatic carbocycles. The second kappa shape index (κ2) is 8.79. The van der Waals surface area contributed by atoms with E-state index in [1.165, 1.54) is 6.08 Å². The molecule has 0 spiro atoms. The van der Waals surface area contributed by atoms with Crippen molar-refractivity contribution < 1.29 is 14.7 Å². The zero-order chi connectivity index (χ0) is 15.7. The lowest BCUT2D eigenvalue weighted by atomic mass is 10.2. The zero-order valence-electron chi connectivity index (χ0n) is 12.5. The monoisotopic (exact) mass is 290 g/mol. The standard InChI is InChI=1S/C16H22N2O3/c1-3-10-18(11-4-2)16(21)17-14-7-5-6-13(12-14)8-9-15(19)20/h5-9,12H,3-4,10-11H2,1-2H3,(H,17,21)(H,19,20)/b9-8+.